The summed E-state index contributed by atoms with van der Waals surface area (Å²) in [6.45, 7) is 11.9. The number of ether oxygens (including phenoxy) is 1. The van der Waals surface area contributed by atoms with Crippen molar-refractivity contribution in [3.8, 4) is 0 Å². The third-order valence-electron chi connectivity index (χ3n) is 4.39. The molecular weight excluding hydrogens is 288 g/mol. The molecule has 0 aromatic heterocycles. The lowest BCUT2D eigenvalue weighted by Gasteiger charge is -2.26. The van der Waals surface area contributed by atoms with E-state index in [-0.39, 0.29) is 6.09 Å². The van der Waals surface area contributed by atoms with Gasteiger partial charge in [0.1, 0.15) is 5.60 Å². The second-order valence-electron chi connectivity index (χ2n) is 8.01. The highest BCUT2D eigenvalue weighted by atomic mass is 16.6. The first-order chi connectivity index (χ1) is 10.8. The number of carbonyl (C=O) groups is 1. The summed E-state index contributed by atoms with van der Waals surface area (Å²) in [5, 5.41) is 3.76. The van der Waals surface area contributed by atoms with E-state index in [4.69, 9.17) is 4.74 Å². The van der Waals surface area contributed by atoms with Gasteiger partial charge in [0.25, 0.3) is 0 Å². The molecule has 2 unspecified atom stereocenters. The van der Waals surface area contributed by atoms with Crippen LogP contribution < -0.4 is 5.32 Å². The van der Waals surface area contributed by atoms with E-state index < -0.39 is 5.60 Å². The van der Waals surface area contributed by atoms with Gasteiger partial charge in [0.05, 0.1) is 0 Å². The van der Waals surface area contributed by atoms with E-state index >= 15 is 0 Å². The maximum absolute atomic E-state index is 12.2. The van der Waals surface area contributed by atoms with Gasteiger partial charge in [-0.1, -0.05) is 32.6 Å². The van der Waals surface area contributed by atoms with E-state index in [0.717, 1.165) is 32.4 Å². The van der Waals surface area contributed by atoms with Crippen molar-refractivity contribution in [3.05, 3.63) is 0 Å². The van der Waals surface area contributed by atoms with Gasteiger partial charge in [0.15, 0.2) is 0 Å². The number of amides is 1. The van der Waals surface area contributed by atoms with Crippen LogP contribution in [0.1, 0.15) is 86.0 Å². The Morgan fingerprint density at radius 3 is 2.61 bits per heavy atom. The summed E-state index contributed by atoms with van der Waals surface area (Å²) in [4.78, 5) is 14.1. The lowest BCUT2D eigenvalue weighted by Crippen LogP contribution is -2.39. The average Bonchev–Trinajstić information content (AvgIpc) is 2.67. The number of rotatable bonds is 7. The molecule has 1 rings (SSSR count). The van der Waals surface area contributed by atoms with Crippen LogP contribution in [0.15, 0.2) is 0 Å². The van der Waals surface area contributed by atoms with Crippen molar-refractivity contribution in [2.45, 2.75) is 104 Å². The lowest BCUT2D eigenvalue weighted by molar-refractivity contribution is 0.0256. The number of hydrogen-bond acceptors (Lipinski definition) is 3. The first-order valence-corrected chi connectivity index (χ1v) is 9.55. The number of hydrogen-bond donors (Lipinski definition) is 1. The molecule has 0 saturated carbocycles. The van der Waals surface area contributed by atoms with Crippen LogP contribution in [-0.4, -0.2) is 41.8 Å². The minimum absolute atomic E-state index is 0.161. The second-order valence-corrected chi connectivity index (χ2v) is 8.01. The summed E-state index contributed by atoms with van der Waals surface area (Å²) in [6.07, 6.45) is 9.64. The van der Waals surface area contributed by atoms with Crippen molar-refractivity contribution in [1.29, 1.82) is 0 Å². The van der Waals surface area contributed by atoms with E-state index in [9.17, 15) is 4.79 Å². The van der Waals surface area contributed by atoms with E-state index in [1.807, 2.05) is 25.7 Å². The largest absolute Gasteiger partial charge is 0.444 e. The maximum atomic E-state index is 12.2. The summed E-state index contributed by atoms with van der Waals surface area (Å²) in [7, 11) is 0. The van der Waals surface area contributed by atoms with E-state index in [2.05, 4.69) is 19.2 Å². The molecule has 1 fully saturated rings. The SMILES string of the molecule is CCCCCCC(C)NC1CCCN(C(=O)OC(C)(C)C)CC1. The number of nitrogens with zero attached hydrogens (tertiary/aromatic N) is 1. The molecule has 1 saturated heterocycles. The predicted octanol–water partition coefficient (Wildman–Crippen LogP) is 4.72. The van der Waals surface area contributed by atoms with Gasteiger partial charge in [-0.25, -0.2) is 4.79 Å². The Hall–Kier alpha value is -0.770. The van der Waals surface area contributed by atoms with Gasteiger partial charge in [0, 0.05) is 25.2 Å². The fourth-order valence-electron chi connectivity index (χ4n) is 3.14. The molecule has 4 heteroatoms. The first-order valence-electron chi connectivity index (χ1n) is 9.55. The lowest BCUT2D eigenvalue weighted by atomic mass is 10.0. The van der Waals surface area contributed by atoms with E-state index in [1.165, 1.54) is 32.1 Å². The average molecular weight is 327 g/mol. The van der Waals surface area contributed by atoms with Gasteiger partial charge >= 0.3 is 6.09 Å². The number of likely N-dealkylation sites (tertiary alicyclic amines) is 1. The molecule has 23 heavy (non-hydrogen) atoms. The Bertz CT molecular complexity index is 339. The van der Waals surface area contributed by atoms with Crippen molar-refractivity contribution in [2.75, 3.05) is 13.1 Å². The van der Waals surface area contributed by atoms with Crippen molar-refractivity contribution >= 4 is 6.09 Å². The summed E-state index contributed by atoms with van der Waals surface area (Å²) < 4.78 is 5.49. The van der Waals surface area contributed by atoms with Crippen LogP contribution in [0.5, 0.6) is 0 Å². The number of nitrogens with one attached hydrogen (secondary N) is 1. The van der Waals surface area contributed by atoms with Crippen LogP contribution in [0.2, 0.25) is 0 Å². The van der Waals surface area contributed by atoms with Crippen molar-refractivity contribution in [1.82, 2.24) is 10.2 Å². The number of carbonyl (C=O) groups excluding carboxylic acids is 1. The van der Waals surface area contributed by atoms with E-state index in [0.29, 0.717) is 12.1 Å². The minimum atomic E-state index is -0.409. The maximum Gasteiger partial charge on any atom is 0.410 e. The molecule has 1 N–H and O–H groups in total. The summed E-state index contributed by atoms with van der Waals surface area (Å²) in [6, 6.07) is 1.11. The highest BCUT2D eigenvalue weighted by Crippen LogP contribution is 2.16. The quantitative estimate of drug-likeness (QED) is 0.688. The van der Waals surface area contributed by atoms with Gasteiger partial charge in [0.2, 0.25) is 0 Å². The van der Waals surface area contributed by atoms with Gasteiger partial charge in [-0.3, -0.25) is 0 Å². The molecule has 0 aromatic carbocycles. The zero-order valence-electron chi connectivity index (χ0n) is 16.0. The van der Waals surface area contributed by atoms with Gasteiger partial charge in [-0.15, -0.1) is 0 Å². The molecular formula is C19H38N2O2. The molecule has 0 aliphatic carbocycles. The number of unbranched alkanes of at least 4 members (excludes halogenated alkanes) is 3. The summed E-state index contributed by atoms with van der Waals surface area (Å²) in [5.74, 6) is 0. The molecule has 0 bridgehead atoms. The molecule has 0 spiro atoms. The Kier molecular flexibility index (Phi) is 8.96. The van der Waals surface area contributed by atoms with Gasteiger partial charge in [-0.2, -0.15) is 0 Å². The fourth-order valence-corrected chi connectivity index (χ4v) is 3.14. The Morgan fingerprint density at radius 2 is 1.96 bits per heavy atom. The standard InChI is InChI=1S/C19H38N2O2/c1-6-7-8-9-11-16(2)20-17-12-10-14-21(15-13-17)18(22)23-19(3,4)5/h16-17,20H,6-15H2,1-5H3. The van der Waals surface area contributed by atoms with Crippen molar-refractivity contribution in [2.24, 2.45) is 0 Å². The Labute approximate surface area is 143 Å². The van der Waals surface area contributed by atoms with Crippen LogP contribution in [-0.2, 0) is 4.74 Å². The monoisotopic (exact) mass is 326 g/mol. The van der Waals surface area contributed by atoms with Crippen LogP contribution in [0, 0.1) is 0 Å². The van der Waals surface area contributed by atoms with Crippen LogP contribution in [0.25, 0.3) is 0 Å². The Morgan fingerprint density at radius 1 is 1.22 bits per heavy atom. The normalized spacial score (nSPS) is 20.9. The van der Waals surface area contributed by atoms with Crippen LogP contribution in [0.4, 0.5) is 4.79 Å². The molecule has 1 amide bonds. The van der Waals surface area contributed by atoms with Crippen LogP contribution >= 0.6 is 0 Å². The molecule has 2 atom stereocenters. The first kappa shape index (κ1) is 20.3. The highest BCUT2D eigenvalue weighted by Gasteiger charge is 2.25. The topological polar surface area (TPSA) is 41.6 Å². The molecule has 1 aliphatic rings. The molecule has 1 aliphatic heterocycles. The summed E-state index contributed by atoms with van der Waals surface area (Å²) >= 11 is 0. The highest BCUT2D eigenvalue weighted by molar-refractivity contribution is 5.68. The van der Waals surface area contributed by atoms with Gasteiger partial charge < -0.3 is 15.0 Å². The van der Waals surface area contributed by atoms with E-state index in [1.54, 1.807) is 0 Å². The molecule has 0 radical (unpaired) electrons. The zero-order chi connectivity index (χ0) is 17.3. The Balaban J connectivity index is 2.30. The molecule has 1 heterocycles. The second kappa shape index (κ2) is 10.2. The third-order valence-corrected chi connectivity index (χ3v) is 4.39. The zero-order valence-corrected chi connectivity index (χ0v) is 16.0. The van der Waals surface area contributed by atoms with Gasteiger partial charge in [-0.05, 0) is 53.4 Å². The minimum Gasteiger partial charge on any atom is -0.444 e. The predicted molar refractivity (Wildman–Crippen MR) is 96.8 cm³/mol. The molecule has 136 valence electrons. The van der Waals surface area contributed by atoms with Crippen molar-refractivity contribution < 1.29 is 9.53 Å². The van der Waals surface area contributed by atoms with Crippen molar-refractivity contribution in [3.63, 3.8) is 0 Å². The fraction of sp³-hybridized carbons (Fsp3) is 0.947. The third kappa shape index (κ3) is 9.19. The molecule has 0 aromatic rings. The molecule has 4 nitrogen and oxygen atoms in total. The smallest absolute Gasteiger partial charge is 0.410 e. The van der Waals surface area contributed by atoms with Crippen LogP contribution in [0.3, 0.4) is 0 Å². The summed E-state index contributed by atoms with van der Waals surface area (Å²) in [5.41, 5.74) is -0.409.